The molecule has 0 saturated carbocycles. The van der Waals surface area contributed by atoms with Crippen LogP contribution in [-0.2, 0) is 5.41 Å². The van der Waals surface area contributed by atoms with E-state index >= 15 is 0 Å². The second-order valence-corrected chi connectivity index (χ2v) is 14.1. The Morgan fingerprint density at radius 2 is 1.06 bits per heavy atom. The summed E-state index contributed by atoms with van der Waals surface area (Å²) in [5.74, 6) is 0. The third-order valence-electron chi connectivity index (χ3n) is 10.9. The van der Waals surface area contributed by atoms with Crippen LogP contribution in [0.2, 0.25) is 0 Å². The van der Waals surface area contributed by atoms with Crippen LogP contribution in [0.15, 0.2) is 180 Å². The molecule has 0 saturated heterocycles. The van der Waals surface area contributed by atoms with Crippen LogP contribution in [0, 0.1) is 0 Å². The molecule has 0 aliphatic heterocycles. The number of rotatable bonds is 5. The molecule has 0 radical (unpaired) electrons. The van der Waals surface area contributed by atoms with E-state index in [1.807, 2.05) is 0 Å². The first-order valence-corrected chi connectivity index (χ1v) is 17.7. The predicted octanol–water partition coefficient (Wildman–Crippen LogP) is 13.8. The third kappa shape index (κ3) is 4.57. The fourth-order valence-corrected chi connectivity index (χ4v) is 8.34. The lowest BCUT2D eigenvalue weighted by atomic mass is 9.81. The van der Waals surface area contributed by atoms with Crippen molar-refractivity contribution < 1.29 is 4.42 Å². The molecule has 0 amide bonds. The molecule has 0 spiro atoms. The molecule has 1 aliphatic rings. The van der Waals surface area contributed by atoms with Crippen molar-refractivity contribution in [3.05, 3.63) is 187 Å². The third-order valence-corrected chi connectivity index (χ3v) is 10.9. The molecule has 51 heavy (non-hydrogen) atoms. The molecule has 1 heterocycles. The van der Waals surface area contributed by atoms with Crippen molar-refractivity contribution >= 4 is 49.8 Å². The molecular weight excluding hydrogens is 619 g/mol. The number of benzene rings is 8. The van der Waals surface area contributed by atoms with Crippen LogP contribution < -0.4 is 4.90 Å². The molecule has 0 unspecified atom stereocenters. The quantitative estimate of drug-likeness (QED) is 0.184. The van der Waals surface area contributed by atoms with Crippen LogP contribution in [0.25, 0.3) is 66.1 Å². The Kier molecular flexibility index (Phi) is 6.56. The second-order valence-electron chi connectivity index (χ2n) is 14.1. The van der Waals surface area contributed by atoms with E-state index in [9.17, 15) is 0 Å². The molecule has 0 fully saturated rings. The van der Waals surface area contributed by atoms with E-state index in [0.29, 0.717) is 0 Å². The van der Waals surface area contributed by atoms with Gasteiger partial charge in [0.25, 0.3) is 0 Å². The number of hydrogen-bond donors (Lipinski definition) is 0. The lowest BCUT2D eigenvalue weighted by Crippen LogP contribution is -2.14. The largest absolute Gasteiger partial charge is 0.453 e. The monoisotopic (exact) mass is 653 g/mol. The Bertz CT molecular complexity index is 2760. The van der Waals surface area contributed by atoms with Gasteiger partial charge in [0.1, 0.15) is 5.58 Å². The van der Waals surface area contributed by atoms with Gasteiger partial charge in [0.15, 0.2) is 5.58 Å². The highest BCUT2D eigenvalue weighted by atomic mass is 16.3. The van der Waals surface area contributed by atoms with E-state index in [1.165, 1.54) is 49.7 Å². The van der Waals surface area contributed by atoms with Crippen LogP contribution in [0.4, 0.5) is 17.1 Å². The number of furan rings is 1. The fourth-order valence-electron chi connectivity index (χ4n) is 8.34. The number of para-hydroxylation sites is 2. The minimum atomic E-state index is -0.0983. The standard InChI is InChI=1S/C49H35NO/c1-49(2)43-22-12-11-20-39(43)40-29-26-35(31-44(40)49)46-38-19-10-9-16-34(38)30-42-41-21-13-23-45(47(41)51-48(42)46)50(36-17-7-4-8-18-36)37-27-24-33(25-28-37)32-14-5-3-6-15-32/h3-31H,1-2H3. The van der Waals surface area contributed by atoms with E-state index in [4.69, 9.17) is 4.42 Å². The minimum absolute atomic E-state index is 0.0983. The Morgan fingerprint density at radius 3 is 1.88 bits per heavy atom. The molecular formula is C49H35NO. The van der Waals surface area contributed by atoms with Gasteiger partial charge in [-0.1, -0.05) is 147 Å². The first kappa shape index (κ1) is 29.5. The molecule has 10 rings (SSSR count). The smallest absolute Gasteiger partial charge is 0.159 e. The summed E-state index contributed by atoms with van der Waals surface area (Å²) in [5, 5.41) is 4.61. The normalized spacial score (nSPS) is 13.1. The van der Waals surface area contributed by atoms with Crippen molar-refractivity contribution in [2.45, 2.75) is 19.3 Å². The zero-order valence-corrected chi connectivity index (χ0v) is 28.6. The fraction of sp³-hybridized carbons (Fsp3) is 0.0612. The van der Waals surface area contributed by atoms with E-state index < -0.39 is 0 Å². The number of fused-ring (bicyclic) bond motifs is 7. The first-order valence-electron chi connectivity index (χ1n) is 17.7. The zero-order chi connectivity index (χ0) is 34.1. The van der Waals surface area contributed by atoms with Gasteiger partial charge in [-0.3, -0.25) is 0 Å². The van der Waals surface area contributed by atoms with Gasteiger partial charge in [0.05, 0.1) is 5.69 Å². The summed E-state index contributed by atoms with van der Waals surface area (Å²) in [5.41, 5.74) is 14.9. The van der Waals surface area contributed by atoms with Crippen molar-refractivity contribution in [2.24, 2.45) is 0 Å². The van der Waals surface area contributed by atoms with Crippen LogP contribution in [0.1, 0.15) is 25.0 Å². The molecule has 8 aromatic carbocycles. The minimum Gasteiger partial charge on any atom is -0.453 e. The lowest BCUT2D eigenvalue weighted by Gasteiger charge is -2.25. The molecule has 1 aromatic heterocycles. The second kappa shape index (κ2) is 11.3. The predicted molar refractivity (Wildman–Crippen MR) is 214 cm³/mol. The number of hydrogen-bond acceptors (Lipinski definition) is 2. The lowest BCUT2D eigenvalue weighted by molar-refractivity contribution is 0.660. The molecule has 242 valence electrons. The summed E-state index contributed by atoms with van der Waals surface area (Å²) < 4.78 is 7.19. The van der Waals surface area contributed by atoms with E-state index in [2.05, 4.69) is 195 Å². The Balaban J connectivity index is 1.20. The highest BCUT2D eigenvalue weighted by Crippen LogP contribution is 2.51. The van der Waals surface area contributed by atoms with Crippen molar-refractivity contribution in [1.82, 2.24) is 0 Å². The summed E-state index contributed by atoms with van der Waals surface area (Å²) in [4.78, 5) is 2.31. The maximum atomic E-state index is 7.19. The van der Waals surface area contributed by atoms with Crippen LogP contribution in [-0.4, -0.2) is 0 Å². The van der Waals surface area contributed by atoms with Crippen LogP contribution >= 0.6 is 0 Å². The number of nitrogens with zero attached hydrogens (tertiary/aromatic N) is 1. The highest BCUT2D eigenvalue weighted by molar-refractivity contribution is 6.20. The zero-order valence-electron chi connectivity index (χ0n) is 28.6. The average molecular weight is 654 g/mol. The maximum Gasteiger partial charge on any atom is 0.159 e. The SMILES string of the molecule is CC1(C)c2ccccc2-c2ccc(-c3c4ccccc4cc4c3oc3c(N(c5ccccc5)c5ccc(-c6ccccc6)cc5)cccc34)cc21. The summed E-state index contributed by atoms with van der Waals surface area (Å²) in [6.45, 7) is 4.69. The summed E-state index contributed by atoms with van der Waals surface area (Å²) in [6.07, 6.45) is 0. The van der Waals surface area contributed by atoms with Crippen LogP contribution in [0.3, 0.4) is 0 Å². The maximum absolute atomic E-state index is 7.19. The van der Waals surface area contributed by atoms with Gasteiger partial charge in [0.2, 0.25) is 0 Å². The van der Waals surface area contributed by atoms with E-state index in [-0.39, 0.29) is 5.41 Å². The molecule has 2 heteroatoms. The van der Waals surface area contributed by atoms with Crippen molar-refractivity contribution in [3.63, 3.8) is 0 Å². The Morgan fingerprint density at radius 1 is 0.431 bits per heavy atom. The summed E-state index contributed by atoms with van der Waals surface area (Å²) >= 11 is 0. The molecule has 2 nitrogen and oxygen atoms in total. The molecule has 0 N–H and O–H groups in total. The van der Waals surface area contributed by atoms with Crippen molar-refractivity contribution in [3.8, 4) is 33.4 Å². The summed E-state index contributed by atoms with van der Waals surface area (Å²) in [6, 6.07) is 63.4. The van der Waals surface area contributed by atoms with Gasteiger partial charge in [-0.2, -0.15) is 0 Å². The molecule has 0 bridgehead atoms. The van der Waals surface area contributed by atoms with Gasteiger partial charge in [-0.05, 0) is 92.2 Å². The first-order chi connectivity index (χ1) is 25.1. The molecule has 1 aliphatic carbocycles. The highest BCUT2D eigenvalue weighted by Gasteiger charge is 2.35. The molecule has 0 atom stereocenters. The topological polar surface area (TPSA) is 16.4 Å². The Labute approximate surface area is 297 Å². The van der Waals surface area contributed by atoms with Crippen LogP contribution in [0.5, 0.6) is 0 Å². The average Bonchev–Trinajstić information content (AvgIpc) is 3.67. The van der Waals surface area contributed by atoms with E-state index in [0.717, 1.165) is 44.6 Å². The van der Waals surface area contributed by atoms with Crippen molar-refractivity contribution in [1.29, 1.82) is 0 Å². The van der Waals surface area contributed by atoms with E-state index in [1.54, 1.807) is 0 Å². The summed E-state index contributed by atoms with van der Waals surface area (Å²) in [7, 11) is 0. The Hall–Kier alpha value is -6.38. The van der Waals surface area contributed by atoms with Gasteiger partial charge < -0.3 is 9.32 Å². The van der Waals surface area contributed by atoms with Crippen molar-refractivity contribution in [2.75, 3.05) is 4.90 Å². The molecule has 9 aromatic rings. The number of anilines is 3. The van der Waals surface area contributed by atoms with Gasteiger partial charge in [-0.15, -0.1) is 0 Å². The van der Waals surface area contributed by atoms with Gasteiger partial charge >= 0.3 is 0 Å². The van der Waals surface area contributed by atoms with Gasteiger partial charge in [0, 0.05) is 33.1 Å². The van der Waals surface area contributed by atoms with Gasteiger partial charge in [-0.25, -0.2) is 0 Å².